The Hall–Kier alpha value is -5.78. The van der Waals surface area contributed by atoms with Crippen LogP contribution in [0.4, 0.5) is 0 Å². The van der Waals surface area contributed by atoms with Crippen LogP contribution in [0.5, 0.6) is 0 Å². The van der Waals surface area contributed by atoms with Crippen LogP contribution in [-0.4, -0.2) is 180 Å². The van der Waals surface area contributed by atoms with Gasteiger partial charge in [0.1, 0.15) is 35.4 Å². The van der Waals surface area contributed by atoms with Gasteiger partial charge in [-0.2, -0.15) is 20.4 Å². The van der Waals surface area contributed by atoms with E-state index in [0.29, 0.717) is 40.4 Å². The minimum Gasteiger partial charge on any atom is -0.870 e. The first-order valence-electron chi connectivity index (χ1n) is 29.1. The van der Waals surface area contributed by atoms with Gasteiger partial charge in [0.2, 0.25) is 0 Å². The zero-order valence-electron chi connectivity index (χ0n) is 58.2. The minimum absolute atomic E-state index is 0. The number of methoxy groups -OCH3 is 3. The number of carboxylic acid groups (broad SMARTS) is 1. The number of aryl methyl sites for hydroxylation is 6. The summed E-state index contributed by atoms with van der Waals surface area (Å²) in [6, 6.07) is 3.79. The number of carbonyl (C=O) groups is 4. The molecular weight excluding hydrogens is 1460 g/mol. The van der Waals surface area contributed by atoms with Crippen LogP contribution < -0.4 is 35.2 Å². The number of aliphatic hydroxyl groups excluding tert-OH is 1. The monoisotopic (exact) mass is 1540 g/mol. The molecule has 0 saturated carbocycles. The van der Waals surface area contributed by atoms with Gasteiger partial charge in [-0.15, -0.1) is 0 Å². The molecule has 516 valence electrons. The van der Waals surface area contributed by atoms with Gasteiger partial charge in [-0.1, -0.05) is 27.7 Å². The Kier molecular flexibility index (Phi) is 40.2. The summed E-state index contributed by atoms with van der Waals surface area (Å²) < 4.78 is 43.8. The second-order valence-electron chi connectivity index (χ2n) is 21.1. The number of aliphatic hydroxyl groups is 2. The van der Waals surface area contributed by atoms with E-state index >= 15 is 0 Å². The topological polar surface area (TPSA) is 334 Å². The summed E-state index contributed by atoms with van der Waals surface area (Å²) in [5.74, 6) is -0.513. The summed E-state index contributed by atoms with van der Waals surface area (Å²) in [6.07, 6.45) is 15.7. The van der Waals surface area contributed by atoms with E-state index in [1.54, 1.807) is 80.2 Å². The summed E-state index contributed by atoms with van der Waals surface area (Å²) in [6.45, 7) is 17.1. The van der Waals surface area contributed by atoms with Gasteiger partial charge in [0.25, 0.3) is 0 Å². The van der Waals surface area contributed by atoms with Gasteiger partial charge in [0, 0.05) is 117 Å². The summed E-state index contributed by atoms with van der Waals surface area (Å²) in [5.41, 5.74) is 8.71. The van der Waals surface area contributed by atoms with E-state index in [1.807, 2.05) is 113 Å². The van der Waals surface area contributed by atoms with Crippen LogP contribution in [0.2, 0.25) is 0 Å². The zero-order valence-corrected chi connectivity index (χ0v) is 65.8. The molecule has 1 aliphatic rings. The number of hydrogen-bond donors (Lipinski definition) is 4. The molecule has 0 aromatic carbocycles. The van der Waals surface area contributed by atoms with Crippen LogP contribution in [0, 0.1) is 0 Å². The van der Waals surface area contributed by atoms with Crippen LogP contribution in [0.3, 0.4) is 0 Å². The second-order valence-corrected chi connectivity index (χ2v) is 23.7. The number of rotatable bonds is 15. The van der Waals surface area contributed by atoms with Crippen molar-refractivity contribution in [2.45, 2.75) is 105 Å². The quantitative estimate of drug-likeness (QED) is 0.0436. The number of carboxylic acids is 1. The normalized spacial score (nSPS) is 11.1. The van der Waals surface area contributed by atoms with Crippen LogP contribution in [-0.2, 0) is 106 Å². The summed E-state index contributed by atoms with van der Waals surface area (Å²) in [7, 11) is 25.7. The number of nitrogens with zero attached hydrogens (tertiary/aromatic N) is 15. The number of hydrogen-bond acceptors (Lipinski definition) is 20. The van der Waals surface area contributed by atoms with Crippen molar-refractivity contribution in [1.29, 1.82) is 0 Å². The smallest absolute Gasteiger partial charge is 0.870 e. The van der Waals surface area contributed by atoms with Crippen molar-refractivity contribution in [2.24, 2.45) is 60.7 Å². The van der Waals surface area contributed by atoms with Gasteiger partial charge in [0.15, 0.2) is 11.6 Å². The number of carbonyl (C=O) groups excluding carboxylic acids is 3. The first-order valence-corrected chi connectivity index (χ1v) is 31.8. The van der Waals surface area contributed by atoms with E-state index in [9.17, 15) is 29.4 Å². The Morgan fingerprint density at radius 3 is 1.39 bits per heavy atom. The van der Waals surface area contributed by atoms with Gasteiger partial charge in [-0.05, 0) is 148 Å². The molecule has 1 fully saturated rings. The van der Waals surface area contributed by atoms with Crippen LogP contribution >= 0.6 is 60.6 Å². The van der Waals surface area contributed by atoms with Gasteiger partial charge in [-0.25, -0.2) is 38.5 Å². The van der Waals surface area contributed by atoms with E-state index in [1.165, 1.54) is 46.8 Å². The molecule has 95 heavy (non-hydrogen) atoms. The van der Waals surface area contributed by atoms with Crippen LogP contribution in [0.25, 0.3) is 34.0 Å². The van der Waals surface area contributed by atoms with Gasteiger partial charge >= 0.3 is 85.7 Å². The first-order chi connectivity index (χ1) is 43.9. The van der Waals surface area contributed by atoms with Crippen molar-refractivity contribution >= 4 is 105 Å². The number of halogens is 3. The Morgan fingerprint density at radius 1 is 0.642 bits per heavy atom. The van der Waals surface area contributed by atoms with Crippen molar-refractivity contribution in [3.63, 3.8) is 0 Å². The van der Waals surface area contributed by atoms with Gasteiger partial charge in [0.05, 0.1) is 58.6 Å². The average molecular weight is 1540 g/mol. The van der Waals surface area contributed by atoms with Crippen molar-refractivity contribution in [1.82, 2.24) is 67.4 Å². The molecule has 1 saturated heterocycles. The molecule has 9 heterocycles. The van der Waals surface area contributed by atoms with Crippen LogP contribution in [0.1, 0.15) is 132 Å². The van der Waals surface area contributed by atoms with Crippen molar-refractivity contribution in [2.75, 3.05) is 41.7 Å². The summed E-state index contributed by atoms with van der Waals surface area (Å²) in [4.78, 5) is 54.9. The Labute approximate surface area is 610 Å². The largest absolute Gasteiger partial charge is 1.00 e. The molecule has 9 rings (SSSR count). The molecule has 0 unspecified atom stereocenters. The minimum atomic E-state index is -0.941. The molecule has 0 aliphatic carbocycles. The van der Waals surface area contributed by atoms with Crippen LogP contribution in [0.15, 0.2) is 67.6 Å². The first kappa shape index (κ1) is 89.2. The molecule has 35 heteroatoms. The fraction of sp³-hybridized carbons (Fsp3) is 0.500. The number of ether oxygens (including phenoxy) is 4. The third-order valence-electron chi connectivity index (χ3n) is 14.7. The molecule has 28 nitrogen and oxygen atoms in total. The Morgan fingerprint density at radius 2 is 1.04 bits per heavy atom. The summed E-state index contributed by atoms with van der Waals surface area (Å²) >= 11 is 13.5. The fourth-order valence-electron chi connectivity index (χ4n) is 9.20. The van der Waals surface area contributed by atoms with Crippen molar-refractivity contribution in [3.8, 4) is 34.0 Å². The molecule has 0 spiro atoms. The summed E-state index contributed by atoms with van der Waals surface area (Å²) in [5, 5.41) is 42.5. The molecule has 0 bridgehead atoms. The zero-order chi connectivity index (χ0) is 70.8. The number of esters is 3. The Bertz CT molecular complexity index is 3700. The second kappa shape index (κ2) is 42.8. The third kappa shape index (κ3) is 23.2. The molecule has 0 amide bonds. The number of aromatic carboxylic acids is 1. The van der Waals surface area contributed by atoms with E-state index in [2.05, 4.69) is 103 Å². The fourth-order valence-corrected chi connectivity index (χ4v) is 11.2. The van der Waals surface area contributed by atoms with E-state index in [4.69, 9.17) is 28.7 Å². The Balaban J connectivity index is 0.00000112. The van der Waals surface area contributed by atoms with E-state index in [0.717, 1.165) is 98.3 Å². The molecule has 2 radical (unpaired) electrons. The third-order valence-corrected chi connectivity index (χ3v) is 17.3. The predicted molar refractivity (Wildman–Crippen MR) is 373 cm³/mol. The van der Waals surface area contributed by atoms with Crippen molar-refractivity contribution < 1.29 is 93.1 Å². The standard InChI is InChI=1S/C13H17N3O2.C12H15BrN4O2.C11H13BrN4O2.C10H18BN2O2.C9H12BrNO2.C4H8O.CH4O.BHNS.Na.H2O/c1-5-9-10(11-6-7-14-16(11)3)8-15(2)12(9)13(17)18-4;1-5-7-8(11-14-6-15-17(11)3)10(13)16(2)9(7)12(18)19-4;1-4-6-7(10-13-5-14-16(10)3)9(12)15(2)8(6)11(17)18;1-9(2,14)10(3,4)15-11-8-6-7-12-13(8)5;1-4-6-7(10)5-11(2)8(6)9(12)13-3;1-2-4-5-3-1;1-2;1-2-3;;/h6-8H,5H2,1-4H3;6H,5H2,1-4H3;5H,4H2,1-3H3,(H,17,18);6-7,14H,1-5H3;5H,4H2,1-3H3;1-4H2;2H,1H3;3H;;1H2/q;;;;;;;;+1;/p-1. The number of aromatic nitrogens is 14. The molecule has 1 aliphatic heterocycles. The molecule has 0 atom stereocenters. The van der Waals surface area contributed by atoms with Gasteiger partial charge < -0.3 is 62.7 Å². The molecule has 8 aromatic rings. The number of thiol groups is 1. The van der Waals surface area contributed by atoms with E-state index in [-0.39, 0.29) is 58.6 Å². The molecule has 8 aromatic heterocycles. The van der Waals surface area contributed by atoms with Gasteiger partial charge in [-0.3, -0.25) is 9.36 Å². The maximum absolute atomic E-state index is 11.9. The predicted octanol–water partition coefficient (Wildman–Crippen LogP) is 5.33. The molecular formula is C60H89B2Br3N15NaO13S. The van der Waals surface area contributed by atoms with E-state index < -0.39 is 17.2 Å². The SMILES string of the molecule is C1CCOC1.CCc1c(-c2ccnn2C)cn(C)c1C(=O)OC.CCc1c(-c2ncnn2C)c(Br)n(C)c1C(=O)O.CCc1c(-c2ncnn2C)c(Br)n(C)c1C(=O)OC.CCc1c(Br)cn(C)c1C(=O)OC.CO.Cn1nccc1[B]OC(C)(C)C(C)(C)O.[B]=NS.[Na+].[OH-]. The maximum Gasteiger partial charge on any atom is 1.00 e. The maximum atomic E-state index is 11.9. The van der Waals surface area contributed by atoms with Crippen molar-refractivity contribution in [3.05, 3.63) is 108 Å². The average Bonchev–Trinajstić information content (AvgIpc) is 1.64. The molecule has 4 N–H and O–H groups in total.